The molecule has 2 aromatic rings. The lowest BCUT2D eigenvalue weighted by molar-refractivity contribution is 0.921. The van der Waals surface area contributed by atoms with Crippen LogP contribution in [0.25, 0.3) is 0 Å². The number of nitrogens with two attached hydrogens (primary N) is 1. The van der Waals surface area contributed by atoms with Gasteiger partial charge in [-0.15, -0.1) is 11.3 Å². The van der Waals surface area contributed by atoms with E-state index in [1.165, 1.54) is 18.1 Å². The molecule has 2 aromatic heterocycles. The van der Waals surface area contributed by atoms with Gasteiger partial charge in [-0.2, -0.15) is 0 Å². The lowest BCUT2D eigenvalue weighted by Crippen LogP contribution is -2.00. The van der Waals surface area contributed by atoms with E-state index in [1.807, 2.05) is 5.38 Å². The minimum absolute atomic E-state index is 0.453. The van der Waals surface area contributed by atoms with Gasteiger partial charge in [-0.05, 0) is 11.8 Å². The van der Waals surface area contributed by atoms with E-state index in [2.05, 4.69) is 15.0 Å². The molecule has 14 heavy (non-hydrogen) atoms. The Kier molecular flexibility index (Phi) is 3.07. The molecule has 0 aliphatic rings. The molecule has 0 unspecified atom stereocenters. The van der Waals surface area contributed by atoms with E-state index in [0.29, 0.717) is 6.54 Å². The topological polar surface area (TPSA) is 64.7 Å². The molecule has 0 aromatic carbocycles. The Morgan fingerprint density at radius 3 is 3.07 bits per heavy atom. The summed E-state index contributed by atoms with van der Waals surface area (Å²) in [6.45, 7) is 0.453. The Morgan fingerprint density at radius 2 is 2.36 bits per heavy atom. The highest BCUT2D eigenvalue weighted by Gasteiger charge is 2.05. The number of hydrogen-bond acceptors (Lipinski definition) is 6. The maximum Gasteiger partial charge on any atom is 0.156 e. The van der Waals surface area contributed by atoms with Gasteiger partial charge in [0.25, 0.3) is 0 Å². The smallest absolute Gasteiger partial charge is 0.156 e. The van der Waals surface area contributed by atoms with Crippen LogP contribution in [0.4, 0.5) is 0 Å². The maximum atomic E-state index is 5.57. The van der Waals surface area contributed by atoms with Crippen molar-refractivity contribution >= 4 is 23.1 Å². The van der Waals surface area contributed by atoms with Crippen LogP contribution < -0.4 is 5.73 Å². The Labute approximate surface area is 89.6 Å². The first-order valence-electron chi connectivity index (χ1n) is 3.96. The zero-order chi connectivity index (χ0) is 9.80. The van der Waals surface area contributed by atoms with Crippen LogP contribution in [-0.4, -0.2) is 15.0 Å². The molecule has 4 nitrogen and oxygen atoms in total. The third-order valence-corrected chi connectivity index (χ3v) is 3.50. The second-order valence-electron chi connectivity index (χ2n) is 2.46. The highest BCUT2D eigenvalue weighted by molar-refractivity contribution is 8.01. The summed E-state index contributed by atoms with van der Waals surface area (Å²) in [5.74, 6) is 0. The monoisotopic (exact) mass is 224 g/mol. The van der Waals surface area contributed by atoms with E-state index in [-0.39, 0.29) is 0 Å². The van der Waals surface area contributed by atoms with Crippen LogP contribution in [-0.2, 0) is 6.54 Å². The average Bonchev–Trinajstić information content (AvgIpc) is 2.71. The van der Waals surface area contributed by atoms with Crippen molar-refractivity contribution in [3.63, 3.8) is 0 Å². The highest BCUT2D eigenvalue weighted by atomic mass is 32.2. The predicted octanol–water partition coefficient (Wildman–Crippen LogP) is 1.54. The van der Waals surface area contributed by atoms with Crippen LogP contribution in [0.1, 0.15) is 5.56 Å². The van der Waals surface area contributed by atoms with Crippen molar-refractivity contribution in [2.75, 3.05) is 0 Å². The summed E-state index contributed by atoms with van der Waals surface area (Å²) in [6, 6.07) is 0. The first kappa shape index (κ1) is 9.57. The van der Waals surface area contributed by atoms with E-state index >= 15 is 0 Å². The van der Waals surface area contributed by atoms with Crippen molar-refractivity contribution in [2.45, 2.75) is 15.9 Å². The first-order valence-corrected chi connectivity index (χ1v) is 5.66. The minimum Gasteiger partial charge on any atom is -0.326 e. The second-order valence-corrected chi connectivity index (χ2v) is 4.59. The molecule has 2 N–H and O–H groups in total. The summed E-state index contributed by atoms with van der Waals surface area (Å²) in [5.41, 5.74) is 6.52. The van der Waals surface area contributed by atoms with Gasteiger partial charge in [0.15, 0.2) is 4.34 Å². The molecule has 0 aliphatic carbocycles. The molecule has 2 rings (SSSR count). The van der Waals surface area contributed by atoms with Crippen LogP contribution in [0.5, 0.6) is 0 Å². The molecule has 0 bridgehead atoms. The standard InChI is InChI=1S/C8H8N4S2/c9-3-6-4-10-5-12-7(6)14-8-11-1-2-13-8/h1-2,4-5H,3,9H2. The van der Waals surface area contributed by atoms with Gasteiger partial charge in [-0.1, -0.05) is 0 Å². The number of hydrogen-bond donors (Lipinski definition) is 1. The quantitative estimate of drug-likeness (QED) is 0.801. The summed E-state index contributed by atoms with van der Waals surface area (Å²) < 4.78 is 0.971. The average molecular weight is 224 g/mol. The Bertz CT molecular complexity index is 401. The largest absolute Gasteiger partial charge is 0.326 e. The molecule has 0 amide bonds. The third kappa shape index (κ3) is 2.09. The van der Waals surface area contributed by atoms with Crippen LogP contribution in [0.3, 0.4) is 0 Å². The molecule has 0 atom stereocenters. The lowest BCUT2D eigenvalue weighted by atomic mass is 10.3. The van der Waals surface area contributed by atoms with Gasteiger partial charge < -0.3 is 5.73 Å². The fourth-order valence-electron chi connectivity index (χ4n) is 0.923. The maximum absolute atomic E-state index is 5.57. The molecule has 0 spiro atoms. The fraction of sp³-hybridized carbons (Fsp3) is 0.125. The van der Waals surface area contributed by atoms with E-state index in [1.54, 1.807) is 23.7 Å². The number of nitrogens with zero attached hydrogens (tertiary/aromatic N) is 3. The Hall–Kier alpha value is -0.980. The van der Waals surface area contributed by atoms with Gasteiger partial charge in [0.2, 0.25) is 0 Å². The summed E-state index contributed by atoms with van der Waals surface area (Å²) >= 11 is 3.11. The van der Waals surface area contributed by atoms with Crippen LogP contribution in [0.2, 0.25) is 0 Å². The number of thiazole rings is 1. The highest BCUT2D eigenvalue weighted by Crippen LogP contribution is 2.29. The molecule has 0 aliphatic heterocycles. The van der Waals surface area contributed by atoms with Gasteiger partial charge in [0, 0.05) is 29.9 Å². The summed E-state index contributed by atoms with van der Waals surface area (Å²) in [4.78, 5) is 12.3. The van der Waals surface area contributed by atoms with Crippen molar-refractivity contribution in [1.82, 2.24) is 15.0 Å². The molecule has 2 heterocycles. The SMILES string of the molecule is NCc1cncnc1Sc1nccs1. The van der Waals surface area contributed by atoms with Crippen LogP contribution >= 0.6 is 23.1 Å². The second kappa shape index (κ2) is 4.50. The van der Waals surface area contributed by atoms with Gasteiger partial charge in [0.05, 0.1) is 0 Å². The van der Waals surface area contributed by atoms with Gasteiger partial charge in [-0.25, -0.2) is 15.0 Å². The van der Waals surface area contributed by atoms with Gasteiger partial charge >= 0.3 is 0 Å². The van der Waals surface area contributed by atoms with Crippen molar-refractivity contribution in [3.05, 3.63) is 29.7 Å². The van der Waals surface area contributed by atoms with Crippen molar-refractivity contribution in [3.8, 4) is 0 Å². The molecule has 0 radical (unpaired) electrons. The zero-order valence-corrected chi connectivity index (χ0v) is 8.88. The van der Waals surface area contributed by atoms with E-state index in [0.717, 1.165) is 14.9 Å². The first-order chi connectivity index (χ1) is 6.90. The third-order valence-electron chi connectivity index (χ3n) is 1.56. The summed E-state index contributed by atoms with van der Waals surface area (Å²) in [5, 5.41) is 2.82. The molecule has 0 saturated heterocycles. The number of rotatable bonds is 3. The number of aromatic nitrogens is 3. The van der Waals surface area contributed by atoms with Crippen molar-refractivity contribution in [1.29, 1.82) is 0 Å². The normalized spacial score (nSPS) is 10.4. The van der Waals surface area contributed by atoms with Crippen LogP contribution in [0.15, 0.2) is 33.5 Å². The fourth-order valence-corrected chi connectivity index (χ4v) is 2.52. The minimum atomic E-state index is 0.453. The molecule has 72 valence electrons. The van der Waals surface area contributed by atoms with Crippen molar-refractivity contribution in [2.24, 2.45) is 5.73 Å². The van der Waals surface area contributed by atoms with Crippen LogP contribution in [0, 0.1) is 0 Å². The predicted molar refractivity (Wildman–Crippen MR) is 56.2 cm³/mol. The van der Waals surface area contributed by atoms with E-state index in [4.69, 9.17) is 5.73 Å². The zero-order valence-electron chi connectivity index (χ0n) is 7.25. The molecule has 0 fully saturated rings. The van der Waals surface area contributed by atoms with E-state index < -0.39 is 0 Å². The van der Waals surface area contributed by atoms with Crippen molar-refractivity contribution < 1.29 is 0 Å². The van der Waals surface area contributed by atoms with Gasteiger partial charge in [-0.3, -0.25) is 0 Å². The molecular weight excluding hydrogens is 216 g/mol. The van der Waals surface area contributed by atoms with E-state index in [9.17, 15) is 0 Å². The Morgan fingerprint density at radius 1 is 1.43 bits per heavy atom. The molecular formula is C8H8N4S2. The summed E-state index contributed by atoms with van der Waals surface area (Å²) in [6.07, 6.45) is 5.04. The molecule has 0 saturated carbocycles. The Balaban J connectivity index is 2.24. The molecule has 6 heteroatoms. The lowest BCUT2D eigenvalue weighted by Gasteiger charge is -2.01. The summed E-state index contributed by atoms with van der Waals surface area (Å²) in [7, 11) is 0. The van der Waals surface area contributed by atoms with Gasteiger partial charge in [0.1, 0.15) is 11.4 Å².